The molecule has 0 atom stereocenters. The second kappa shape index (κ2) is 8.36. The Kier molecular flexibility index (Phi) is 7.54. The third-order valence-electron chi connectivity index (χ3n) is 2.62. The summed E-state index contributed by atoms with van der Waals surface area (Å²) >= 11 is 0. The summed E-state index contributed by atoms with van der Waals surface area (Å²) in [6.45, 7) is 12.3. The minimum Gasteiger partial charge on any atom is -0.346 e. The van der Waals surface area contributed by atoms with Crippen LogP contribution in [0, 0.1) is 17.2 Å². The van der Waals surface area contributed by atoms with E-state index < -0.39 is 0 Å². The van der Waals surface area contributed by atoms with Crippen molar-refractivity contribution in [3.05, 3.63) is 34.0 Å². The van der Waals surface area contributed by atoms with Gasteiger partial charge in [0.05, 0.1) is 0 Å². The molecule has 0 aliphatic heterocycles. The van der Waals surface area contributed by atoms with Gasteiger partial charge in [0.2, 0.25) is 0 Å². The molecule has 0 spiro atoms. The van der Waals surface area contributed by atoms with Crippen molar-refractivity contribution in [2.45, 2.75) is 41.5 Å². The van der Waals surface area contributed by atoms with Crippen molar-refractivity contribution in [2.75, 3.05) is 0 Å². The van der Waals surface area contributed by atoms with Gasteiger partial charge in [-0.2, -0.15) is 5.26 Å². The van der Waals surface area contributed by atoms with Gasteiger partial charge in [0.1, 0.15) is 11.8 Å². The van der Waals surface area contributed by atoms with Gasteiger partial charge in [-0.05, 0) is 42.7 Å². The van der Waals surface area contributed by atoms with Crippen LogP contribution >= 0.6 is 0 Å². The fraction of sp³-hybridized carbons (Fsp3) is 0.438. The number of aromatic amines is 1. The maximum atomic E-state index is 8.85. The third kappa shape index (κ3) is 4.25. The zero-order valence-corrected chi connectivity index (χ0v) is 12.3. The topological polar surface area (TPSA) is 39.6 Å². The van der Waals surface area contributed by atoms with Crippen molar-refractivity contribution in [2.24, 2.45) is 5.92 Å². The first-order valence-electron chi connectivity index (χ1n) is 6.55. The number of H-pyrrole nitrogens is 1. The molecule has 0 aliphatic rings. The van der Waals surface area contributed by atoms with E-state index in [1.807, 2.05) is 39.8 Å². The molecule has 0 amide bonds. The van der Waals surface area contributed by atoms with Gasteiger partial charge in [0, 0.05) is 5.35 Å². The summed E-state index contributed by atoms with van der Waals surface area (Å²) in [5, 5.41) is 10.9. The Balaban J connectivity index is 0.00000137. The molecule has 0 saturated heterocycles. The Morgan fingerprint density at radius 1 is 1.33 bits per heavy atom. The molecule has 2 heteroatoms. The predicted octanol–water partition coefficient (Wildman–Crippen LogP) is 3.10. The lowest BCUT2D eigenvalue weighted by atomic mass is 10.0. The molecule has 0 saturated carbocycles. The van der Waals surface area contributed by atoms with Crippen molar-refractivity contribution < 1.29 is 0 Å². The fourth-order valence-corrected chi connectivity index (χ4v) is 1.66. The molecule has 2 nitrogen and oxygen atoms in total. The highest BCUT2D eigenvalue weighted by atomic mass is 14.7. The van der Waals surface area contributed by atoms with Gasteiger partial charge in [-0.1, -0.05) is 39.8 Å². The molecular weight excluding hydrogens is 220 g/mol. The van der Waals surface area contributed by atoms with E-state index in [-0.39, 0.29) is 0 Å². The van der Waals surface area contributed by atoms with Gasteiger partial charge in [-0.3, -0.25) is 0 Å². The van der Waals surface area contributed by atoms with E-state index in [4.69, 9.17) is 5.26 Å². The number of hydrogen-bond acceptors (Lipinski definition) is 1. The van der Waals surface area contributed by atoms with Crippen molar-refractivity contribution in [3.8, 4) is 6.07 Å². The Morgan fingerprint density at radius 2 is 1.94 bits per heavy atom. The highest BCUT2D eigenvalue weighted by molar-refractivity contribution is 5.48. The fourth-order valence-electron chi connectivity index (χ4n) is 1.66. The zero-order chi connectivity index (χ0) is 14.1. The van der Waals surface area contributed by atoms with Crippen LogP contribution in [-0.4, -0.2) is 4.98 Å². The highest BCUT2D eigenvalue weighted by Gasteiger charge is 1.99. The molecule has 1 aromatic heterocycles. The zero-order valence-electron chi connectivity index (χ0n) is 12.3. The number of rotatable bonds is 2. The van der Waals surface area contributed by atoms with Crippen molar-refractivity contribution in [1.29, 1.82) is 5.26 Å². The number of nitrogens with zero attached hydrogens (tertiary/aromatic N) is 1. The molecule has 0 fully saturated rings. The van der Waals surface area contributed by atoms with Crippen molar-refractivity contribution in [3.63, 3.8) is 0 Å². The molecule has 1 heterocycles. The molecule has 18 heavy (non-hydrogen) atoms. The lowest BCUT2D eigenvalue weighted by Gasteiger charge is -2.03. The molecule has 0 unspecified atom stereocenters. The van der Waals surface area contributed by atoms with Crippen LogP contribution in [0.15, 0.2) is 17.7 Å². The molecule has 1 N–H and O–H groups in total. The summed E-state index contributed by atoms with van der Waals surface area (Å²) < 4.78 is 0. The van der Waals surface area contributed by atoms with Gasteiger partial charge in [0.15, 0.2) is 0 Å². The van der Waals surface area contributed by atoms with E-state index >= 15 is 0 Å². The lowest BCUT2D eigenvalue weighted by Crippen LogP contribution is -2.22. The van der Waals surface area contributed by atoms with Crippen LogP contribution < -0.4 is 10.6 Å². The summed E-state index contributed by atoms with van der Waals surface area (Å²) in [6.07, 6.45) is 6.23. The van der Waals surface area contributed by atoms with Crippen LogP contribution in [0.1, 0.15) is 47.2 Å². The third-order valence-corrected chi connectivity index (χ3v) is 2.62. The van der Waals surface area contributed by atoms with Crippen LogP contribution in [-0.2, 0) is 0 Å². The van der Waals surface area contributed by atoms with E-state index in [2.05, 4.69) is 37.1 Å². The molecule has 98 valence electrons. The quantitative estimate of drug-likeness (QED) is 0.853. The van der Waals surface area contributed by atoms with Crippen LogP contribution in [0.2, 0.25) is 0 Å². The number of hydrogen-bond donors (Lipinski definition) is 1. The van der Waals surface area contributed by atoms with Crippen LogP contribution in [0.4, 0.5) is 0 Å². The maximum Gasteiger partial charge on any atom is 0.118 e. The van der Waals surface area contributed by atoms with Crippen molar-refractivity contribution in [1.82, 2.24) is 4.98 Å². The van der Waals surface area contributed by atoms with Gasteiger partial charge >= 0.3 is 0 Å². The molecule has 0 aromatic carbocycles. The normalized spacial score (nSPS) is 13.3. The molecule has 1 rings (SSSR count). The average molecular weight is 244 g/mol. The summed E-state index contributed by atoms with van der Waals surface area (Å²) in [6, 6.07) is 4.00. The summed E-state index contributed by atoms with van der Waals surface area (Å²) in [4.78, 5) is 3.11. The first-order chi connectivity index (χ1) is 8.62. The van der Waals surface area contributed by atoms with E-state index in [0.29, 0.717) is 11.6 Å². The highest BCUT2D eigenvalue weighted by Crippen LogP contribution is 2.09. The largest absolute Gasteiger partial charge is 0.346 e. The van der Waals surface area contributed by atoms with E-state index in [1.54, 1.807) is 0 Å². The van der Waals surface area contributed by atoms with Gasteiger partial charge < -0.3 is 4.98 Å². The molecule has 0 aliphatic carbocycles. The van der Waals surface area contributed by atoms with E-state index in [0.717, 1.165) is 10.6 Å². The minimum atomic E-state index is 0.489. The molecule has 0 radical (unpaired) electrons. The maximum absolute atomic E-state index is 8.85. The Hall–Kier alpha value is -1.75. The van der Waals surface area contributed by atoms with Crippen molar-refractivity contribution >= 4 is 12.2 Å². The monoisotopic (exact) mass is 244 g/mol. The molecule has 1 aromatic rings. The smallest absolute Gasteiger partial charge is 0.118 e. The summed E-state index contributed by atoms with van der Waals surface area (Å²) in [5.41, 5.74) is 1.88. The summed E-state index contributed by atoms with van der Waals surface area (Å²) in [5.74, 6) is 0.489. The lowest BCUT2D eigenvalue weighted by molar-refractivity contribution is 0.799. The van der Waals surface area contributed by atoms with Crippen LogP contribution in [0.5, 0.6) is 0 Å². The first-order valence-corrected chi connectivity index (χ1v) is 6.55. The summed E-state index contributed by atoms with van der Waals surface area (Å²) in [7, 11) is 0. The Bertz CT molecular complexity index is 537. The van der Waals surface area contributed by atoms with Gasteiger partial charge in [-0.15, -0.1) is 0 Å². The standard InChI is InChI=1S/C14H18N2.C2H6/c1-5-11(10(3)4)8-14-12(6-2)7-13(9-15)16-14;1-2/h5-8,10,16H,1-4H3;1-2H3/b11-5+,12-6-,14-8+;. The number of allylic oxidation sites excluding steroid dienone is 2. The predicted molar refractivity (Wildman–Crippen MR) is 79.3 cm³/mol. The molecule has 0 bridgehead atoms. The van der Waals surface area contributed by atoms with E-state index in [9.17, 15) is 0 Å². The first kappa shape index (κ1) is 16.2. The number of aromatic nitrogens is 1. The van der Waals surface area contributed by atoms with Gasteiger partial charge in [-0.25, -0.2) is 0 Å². The second-order valence-corrected chi connectivity index (χ2v) is 4.04. The SMILES string of the molecule is CC.C\C=C(/C=c1/[nH]c(C#N)c/c1=C/C)C(C)C. The second-order valence-electron chi connectivity index (χ2n) is 4.04. The van der Waals surface area contributed by atoms with E-state index in [1.165, 1.54) is 5.57 Å². The molecular formula is C16H24N2. The van der Waals surface area contributed by atoms with Crippen LogP contribution in [0.3, 0.4) is 0 Å². The number of nitriles is 1. The Labute approximate surface area is 110 Å². The van der Waals surface area contributed by atoms with Crippen LogP contribution in [0.25, 0.3) is 12.2 Å². The minimum absolute atomic E-state index is 0.489. The average Bonchev–Trinajstić information content (AvgIpc) is 2.80. The van der Waals surface area contributed by atoms with Gasteiger partial charge in [0.25, 0.3) is 0 Å². The Morgan fingerprint density at radius 3 is 2.33 bits per heavy atom. The number of nitrogens with one attached hydrogen (secondary N) is 1.